The first-order valence-corrected chi connectivity index (χ1v) is 12.2. The number of methoxy groups -OCH3 is 1. The lowest BCUT2D eigenvalue weighted by Crippen LogP contribution is -2.48. The van der Waals surface area contributed by atoms with Crippen LogP contribution in [-0.4, -0.2) is 35.5 Å². The molecule has 0 aliphatic carbocycles. The second-order valence-electron chi connectivity index (χ2n) is 8.87. The number of carbonyl (C=O) groups is 1. The second-order valence-corrected chi connectivity index (χ2v) is 8.87. The van der Waals surface area contributed by atoms with Gasteiger partial charge in [0.2, 0.25) is 0 Å². The van der Waals surface area contributed by atoms with Crippen LogP contribution in [0.25, 0.3) is 10.9 Å². The van der Waals surface area contributed by atoms with Gasteiger partial charge in [0.1, 0.15) is 0 Å². The molecule has 6 nitrogen and oxygen atoms in total. The van der Waals surface area contributed by atoms with Crippen LogP contribution in [0.1, 0.15) is 29.7 Å². The maximum absolute atomic E-state index is 13.0. The van der Waals surface area contributed by atoms with Gasteiger partial charge in [-0.05, 0) is 36.1 Å². The molecule has 0 amide bonds. The molecule has 0 bridgehead atoms. The SMILES string of the molecule is COC(=O)C1=C(C)N(Cc2ccccc2)C(=NCCc2c[nH]c3ccccc23)N[C@H]1c1ccccc1. The average Bonchev–Trinajstić information content (AvgIpc) is 3.34. The van der Waals surface area contributed by atoms with Gasteiger partial charge in [-0.25, -0.2) is 4.79 Å². The number of guanidine groups is 1. The van der Waals surface area contributed by atoms with Crippen LogP contribution in [0.2, 0.25) is 0 Å². The molecule has 0 saturated heterocycles. The molecule has 4 aromatic rings. The molecule has 0 unspecified atom stereocenters. The van der Waals surface area contributed by atoms with Gasteiger partial charge in [-0.15, -0.1) is 0 Å². The fourth-order valence-corrected chi connectivity index (χ4v) is 4.77. The van der Waals surface area contributed by atoms with Gasteiger partial charge in [-0.1, -0.05) is 78.9 Å². The highest BCUT2D eigenvalue weighted by molar-refractivity contribution is 5.96. The summed E-state index contributed by atoms with van der Waals surface area (Å²) in [5.41, 5.74) is 5.92. The van der Waals surface area contributed by atoms with E-state index in [1.165, 1.54) is 18.1 Å². The van der Waals surface area contributed by atoms with Crippen molar-refractivity contribution in [2.75, 3.05) is 13.7 Å². The van der Waals surface area contributed by atoms with E-state index in [1.807, 2.05) is 61.5 Å². The summed E-state index contributed by atoms with van der Waals surface area (Å²) in [4.78, 5) is 23.4. The number of para-hydroxylation sites is 1. The lowest BCUT2D eigenvalue weighted by Gasteiger charge is -2.38. The Kier molecular flexibility index (Phi) is 6.85. The number of nitrogens with one attached hydrogen (secondary N) is 2. The number of hydrogen-bond acceptors (Lipinski definition) is 3. The molecule has 2 heterocycles. The normalized spacial score (nSPS) is 16.9. The summed E-state index contributed by atoms with van der Waals surface area (Å²) in [6.45, 7) is 3.17. The van der Waals surface area contributed by atoms with Crippen molar-refractivity contribution < 1.29 is 9.53 Å². The molecular weight excluding hydrogens is 448 g/mol. The topological polar surface area (TPSA) is 69.7 Å². The lowest BCUT2D eigenvalue weighted by atomic mass is 9.94. The number of H-pyrrole nitrogens is 1. The molecule has 1 aliphatic rings. The van der Waals surface area contributed by atoms with Gasteiger partial charge < -0.3 is 19.9 Å². The molecule has 1 atom stereocenters. The second kappa shape index (κ2) is 10.5. The Bertz CT molecular complexity index is 1410. The monoisotopic (exact) mass is 478 g/mol. The highest BCUT2D eigenvalue weighted by atomic mass is 16.5. The molecule has 1 aliphatic heterocycles. The van der Waals surface area contributed by atoms with Crippen molar-refractivity contribution in [2.24, 2.45) is 4.99 Å². The van der Waals surface area contributed by atoms with Crippen LogP contribution in [0.5, 0.6) is 0 Å². The lowest BCUT2D eigenvalue weighted by molar-refractivity contribution is -0.136. The number of aromatic amines is 1. The molecule has 2 N–H and O–H groups in total. The predicted octanol–water partition coefficient (Wildman–Crippen LogP) is 5.36. The quantitative estimate of drug-likeness (QED) is 0.351. The number of hydrogen-bond donors (Lipinski definition) is 2. The van der Waals surface area contributed by atoms with Crippen LogP contribution in [0.4, 0.5) is 0 Å². The van der Waals surface area contributed by atoms with Crippen molar-refractivity contribution in [1.82, 2.24) is 15.2 Å². The van der Waals surface area contributed by atoms with E-state index < -0.39 is 0 Å². The van der Waals surface area contributed by atoms with Crippen LogP contribution in [-0.2, 0) is 22.5 Å². The van der Waals surface area contributed by atoms with E-state index in [2.05, 4.69) is 51.7 Å². The third kappa shape index (κ3) is 4.75. The summed E-state index contributed by atoms with van der Waals surface area (Å²) in [6.07, 6.45) is 2.87. The van der Waals surface area contributed by atoms with Crippen LogP contribution in [0.15, 0.2) is 107 Å². The van der Waals surface area contributed by atoms with Crippen molar-refractivity contribution in [2.45, 2.75) is 25.9 Å². The maximum Gasteiger partial charge on any atom is 0.337 e. The highest BCUT2D eigenvalue weighted by Crippen LogP contribution is 2.32. The molecule has 182 valence electrons. The van der Waals surface area contributed by atoms with E-state index in [0.29, 0.717) is 18.7 Å². The van der Waals surface area contributed by atoms with Gasteiger partial charge >= 0.3 is 5.97 Å². The molecule has 0 saturated carbocycles. The van der Waals surface area contributed by atoms with Crippen molar-refractivity contribution in [3.05, 3.63) is 119 Å². The summed E-state index contributed by atoms with van der Waals surface area (Å²) in [7, 11) is 1.43. The number of rotatable bonds is 7. The number of carbonyl (C=O) groups excluding carboxylic acids is 1. The van der Waals surface area contributed by atoms with Crippen molar-refractivity contribution in [1.29, 1.82) is 0 Å². The summed E-state index contributed by atoms with van der Waals surface area (Å²) >= 11 is 0. The molecule has 3 aromatic carbocycles. The third-order valence-corrected chi connectivity index (χ3v) is 6.65. The van der Waals surface area contributed by atoms with Gasteiger partial charge in [0, 0.05) is 29.3 Å². The number of allylic oxidation sites excluding steroid dienone is 1. The zero-order valence-corrected chi connectivity index (χ0v) is 20.6. The van der Waals surface area contributed by atoms with Crippen LogP contribution in [0.3, 0.4) is 0 Å². The largest absolute Gasteiger partial charge is 0.466 e. The first-order chi connectivity index (χ1) is 17.7. The molecule has 6 heteroatoms. The first kappa shape index (κ1) is 23.4. The van der Waals surface area contributed by atoms with Gasteiger partial charge in [0.15, 0.2) is 5.96 Å². The van der Waals surface area contributed by atoms with Crippen LogP contribution >= 0.6 is 0 Å². The number of ether oxygens (including phenoxy) is 1. The molecule has 1 aromatic heterocycles. The minimum Gasteiger partial charge on any atom is -0.466 e. The molecule has 0 spiro atoms. The molecule has 36 heavy (non-hydrogen) atoms. The van der Waals surface area contributed by atoms with E-state index in [4.69, 9.17) is 9.73 Å². The Balaban J connectivity index is 1.51. The predicted molar refractivity (Wildman–Crippen MR) is 143 cm³/mol. The Labute approximate surface area is 211 Å². The highest BCUT2D eigenvalue weighted by Gasteiger charge is 2.35. The van der Waals surface area contributed by atoms with E-state index >= 15 is 0 Å². The van der Waals surface area contributed by atoms with Crippen LogP contribution in [0, 0.1) is 0 Å². The molecule has 0 radical (unpaired) electrons. The maximum atomic E-state index is 13.0. The van der Waals surface area contributed by atoms with E-state index in [-0.39, 0.29) is 12.0 Å². The Morgan fingerprint density at radius 1 is 0.972 bits per heavy atom. The summed E-state index contributed by atoms with van der Waals surface area (Å²) in [5, 5.41) is 4.79. The Hall–Kier alpha value is -4.32. The Morgan fingerprint density at radius 3 is 2.42 bits per heavy atom. The van der Waals surface area contributed by atoms with Gasteiger partial charge in [-0.3, -0.25) is 4.99 Å². The smallest absolute Gasteiger partial charge is 0.337 e. The van der Waals surface area contributed by atoms with E-state index in [1.54, 1.807) is 0 Å². The van der Waals surface area contributed by atoms with Crippen molar-refractivity contribution in [3.63, 3.8) is 0 Å². The summed E-state index contributed by atoms with van der Waals surface area (Å²) < 4.78 is 5.21. The third-order valence-electron chi connectivity index (χ3n) is 6.65. The molecular formula is C30H30N4O2. The summed E-state index contributed by atoms with van der Waals surface area (Å²) in [6, 6.07) is 28.1. The number of aliphatic imine (C=N–C) groups is 1. The van der Waals surface area contributed by atoms with Gasteiger partial charge in [0.25, 0.3) is 0 Å². The number of esters is 1. The fourth-order valence-electron chi connectivity index (χ4n) is 4.77. The zero-order valence-electron chi connectivity index (χ0n) is 20.6. The van der Waals surface area contributed by atoms with E-state index in [9.17, 15) is 4.79 Å². The zero-order chi connectivity index (χ0) is 24.9. The van der Waals surface area contributed by atoms with Crippen molar-refractivity contribution in [3.8, 4) is 0 Å². The summed E-state index contributed by atoms with van der Waals surface area (Å²) in [5.74, 6) is 0.405. The van der Waals surface area contributed by atoms with Gasteiger partial charge in [0.05, 0.1) is 25.3 Å². The number of fused-ring (bicyclic) bond motifs is 1. The van der Waals surface area contributed by atoms with E-state index in [0.717, 1.165) is 34.7 Å². The average molecular weight is 479 g/mol. The van der Waals surface area contributed by atoms with Gasteiger partial charge in [-0.2, -0.15) is 0 Å². The first-order valence-electron chi connectivity index (χ1n) is 12.2. The minimum absolute atomic E-state index is 0.343. The number of nitrogens with zero attached hydrogens (tertiary/aromatic N) is 2. The molecule has 5 rings (SSSR count). The minimum atomic E-state index is -0.350. The van der Waals surface area contributed by atoms with Crippen LogP contribution < -0.4 is 5.32 Å². The standard InChI is InChI=1S/C30H30N4O2/c1-21-27(29(35)36-2)28(23-13-7-4-8-14-23)33-30(34(21)20-22-11-5-3-6-12-22)31-18-17-24-19-32-26-16-10-9-15-25(24)26/h3-16,19,28,32H,17-18,20H2,1-2H3,(H,31,33)/t28-/m0/s1. The van der Waals surface area contributed by atoms with Crippen molar-refractivity contribution >= 4 is 22.8 Å². The fraction of sp³-hybridized carbons (Fsp3) is 0.200. The molecule has 0 fully saturated rings. The number of aromatic nitrogens is 1. The Morgan fingerprint density at radius 2 is 1.67 bits per heavy atom. The number of benzene rings is 3.